The molecule has 2 aromatic rings. The Bertz CT molecular complexity index is 647. The van der Waals surface area contributed by atoms with Gasteiger partial charge in [0.1, 0.15) is 5.69 Å². The molecule has 1 atom stereocenters. The van der Waals surface area contributed by atoms with Gasteiger partial charge in [-0.1, -0.05) is 13.8 Å². The van der Waals surface area contributed by atoms with Gasteiger partial charge >= 0.3 is 0 Å². The zero-order valence-electron chi connectivity index (χ0n) is 12.1. The molecule has 1 saturated heterocycles. The Balaban J connectivity index is 1.69. The Hall–Kier alpha value is -1.63. The fourth-order valence-electron chi connectivity index (χ4n) is 2.56. The van der Waals surface area contributed by atoms with Crippen molar-refractivity contribution in [2.24, 2.45) is 0 Å². The maximum absolute atomic E-state index is 12.5. The number of hydrogen-bond acceptors (Lipinski definition) is 3. The SMILES string of the molecule is CC(C)c1cc(C(=O)N2CC[C@H](n3cc(Br)cn3)C2)n[nH]1. The molecule has 0 spiro atoms. The van der Waals surface area contributed by atoms with Crippen LogP contribution in [0.1, 0.15) is 48.4 Å². The number of halogens is 1. The number of rotatable bonds is 3. The Morgan fingerprint density at radius 1 is 1.52 bits per heavy atom. The lowest BCUT2D eigenvalue weighted by atomic mass is 10.1. The molecule has 1 fully saturated rings. The highest BCUT2D eigenvalue weighted by atomic mass is 79.9. The molecular formula is C14H18BrN5O. The van der Waals surface area contributed by atoms with E-state index in [-0.39, 0.29) is 11.9 Å². The number of hydrogen-bond donors (Lipinski definition) is 1. The van der Waals surface area contributed by atoms with Crippen LogP contribution < -0.4 is 0 Å². The largest absolute Gasteiger partial charge is 0.335 e. The minimum Gasteiger partial charge on any atom is -0.335 e. The highest BCUT2D eigenvalue weighted by Gasteiger charge is 2.29. The van der Waals surface area contributed by atoms with Gasteiger partial charge in [-0.15, -0.1) is 0 Å². The van der Waals surface area contributed by atoms with Gasteiger partial charge in [0, 0.05) is 25.0 Å². The number of H-pyrrole nitrogens is 1. The summed E-state index contributed by atoms with van der Waals surface area (Å²) in [5, 5.41) is 11.4. The summed E-state index contributed by atoms with van der Waals surface area (Å²) >= 11 is 3.40. The third kappa shape index (κ3) is 2.88. The van der Waals surface area contributed by atoms with E-state index in [1.807, 2.05) is 21.8 Å². The quantitative estimate of drug-likeness (QED) is 0.923. The summed E-state index contributed by atoms with van der Waals surface area (Å²) in [5.41, 5.74) is 1.49. The van der Waals surface area contributed by atoms with Crippen molar-refractivity contribution < 1.29 is 4.79 Å². The lowest BCUT2D eigenvalue weighted by Gasteiger charge is -2.15. The topological polar surface area (TPSA) is 66.8 Å². The lowest BCUT2D eigenvalue weighted by molar-refractivity contribution is 0.0781. The van der Waals surface area contributed by atoms with Crippen molar-refractivity contribution in [1.29, 1.82) is 0 Å². The van der Waals surface area contributed by atoms with Crippen LogP contribution in [0.15, 0.2) is 22.9 Å². The summed E-state index contributed by atoms with van der Waals surface area (Å²) in [5.74, 6) is 0.332. The third-order valence-corrected chi connectivity index (χ3v) is 4.24. The third-order valence-electron chi connectivity index (χ3n) is 3.83. The Labute approximate surface area is 131 Å². The summed E-state index contributed by atoms with van der Waals surface area (Å²) in [6.07, 6.45) is 4.64. The van der Waals surface area contributed by atoms with Crippen molar-refractivity contribution in [1.82, 2.24) is 24.9 Å². The first-order valence-corrected chi connectivity index (χ1v) is 7.88. The zero-order valence-corrected chi connectivity index (χ0v) is 13.7. The molecule has 0 saturated carbocycles. The van der Waals surface area contributed by atoms with E-state index in [9.17, 15) is 4.79 Å². The van der Waals surface area contributed by atoms with E-state index in [1.54, 1.807) is 6.20 Å². The Morgan fingerprint density at radius 2 is 2.33 bits per heavy atom. The van der Waals surface area contributed by atoms with E-state index >= 15 is 0 Å². The number of likely N-dealkylation sites (tertiary alicyclic amines) is 1. The minimum absolute atomic E-state index is 0.00753. The smallest absolute Gasteiger partial charge is 0.274 e. The molecule has 1 aliphatic heterocycles. The molecule has 112 valence electrons. The molecule has 3 heterocycles. The van der Waals surface area contributed by atoms with Crippen LogP contribution in [0, 0.1) is 0 Å². The number of carbonyl (C=O) groups excluding carboxylic acids is 1. The number of aromatic amines is 1. The van der Waals surface area contributed by atoms with Gasteiger partial charge in [-0.2, -0.15) is 10.2 Å². The van der Waals surface area contributed by atoms with Gasteiger partial charge < -0.3 is 4.90 Å². The van der Waals surface area contributed by atoms with Gasteiger partial charge in [-0.25, -0.2) is 0 Å². The molecule has 3 rings (SSSR count). The fourth-order valence-corrected chi connectivity index (χ4v) is 2.86. The number of carbonyl (C=O) groups is 1. The summed E-state index contributed by atoms with van der Waals surface area (Å²) < 4.78 is 2.88. The zero-order chi connectivity index (χ0) is 15.0. The van der Waals surface area contributed by atoms with Gasteiger partial charge in [-0.3, -0.25) is 14.6 Å². The molecule has 0 aromatic carbocycles. The van der Waals surface area contributed by atoms with Gasteiger partial charge in [0.15, 0.2) is 0 Å². The number of aromatic nitrogens is 4. The van der Waals surface area contributed by atoms with E-state index in [0.29, 0.717) is 18.2 Å². The van der Waals surface area contributed by atoms with E-state index in [2.05, 4.69) is 45.1 Å². The first-order valence-electron chi connectivity index (χ1n) is 7.09. The van der Waals surface area contributed by atoms with Gasteiger partial charge in [0.25, 0.3) is 5.91 Å². The first kappa shape index (κ1) is 14.3. The van der Waals surface area contributed by atoms with E-state index in [4.69, 9.17) is 0 Å². The maximum atomic E-state index is 12.5. The van der Waals surface area contributed by atoms with Crippen molar-refractivity contribution >= 4 is 21.8 Å². The lowest BCUT2D eigenvalue weighted by Crippen LogP contribution is -2.29. The van der Waals surface area contributed by atoms with Crippen LogP contribution in [-0.2, 0) is 0 Å². The van der Waals surface area contributed by atoms with Crippen molar-refractivity contribution in [3.05, 3.63) is 34.3 Å². The number of amides is 1. The van der Waals surface area contributed by atoms with Gasteiger partial charge in [0.2, 0.25) is 0 Å². The van der Waals surface area contributed by atoms with Gasteiger partial charge in [-0.05, 0) is 34.3 Å². The molecule has 7 heteroatoms. The molecule has 2 aromatic heterocycles. The minimum atomic E-state index is -0.00753. The summed E-state index contributed by atoms with van der Waals surface area (Å²) in [4.78, 5) is 14.3. The van der Waals surface area contributed by atoms with E-state index < -0.39 is 0 Å². The number of nitrogens with zero attached hydrogens (tertiary/aromatic N) is 4. The van der Waals surface area contributed by atoms with Crippen LogP contribution in [-0.4, -0.2) is 43.9 Å². The van der Waals surface area contributed by atoms with Crippen molar-refractivity contribution in [2.45, 2.75) is 32.2 Å². The van der Waals surface area contributed by atoms with Crippen molar-refractivity contribution in [3.63, 3.8) is 0 Å². The summed E-state index contributed by atoms with van der Waals surface area (Å²) in [7, 11) is 0. The fraction of sp³-hybridized carbons (Fsp3) is 0.500. The predicted octanol–water partition coefficient (Wildman–Crippen LogP) is 2.58. The molecule has 6 nitrogen and oxygen atoms in total. The summed E-state index contributed by atoms with van der Waals surface area (Å²) in [6.45, 7) is 5.56. The summed E-state index contributed by atoms with van der Waals surface area (Å²) in [6, 6.07) is 2.09. The molecule has 1 aliphatic rings. The average Bonchev–Trinajstić information content (AvgIpc) is 3.17. The highest BCUT2D eigenvalue weighted by Crippen LogP contribution is 2.24. The highest BCUT2D eigenvalue weighted by molar-refractivity contribution is 9.10. The monoisotopic (exact) mass is 351 g/mol. The van der Waals surface area contributed by atoms with Gasteiger partial charge in [0.05, 0.1) is 16.7 Å². The number of nitrogens with one attached hydrogen (secondary N) is 1. The second-order valence-corrected chi connectivity index (χ2v) is 6.61. The second-order valence-electron chi connectivity index (χ2n) is 5.70. The Morgan fingerprint density at radius 3 is 2.95 bits per heavy atom. The second kappa shape index (κ2) is 5.63. The normalized spacial score (nSPS) is 18.7. The maximum Gasteiger partial charge on any atom is 0.274 e. The van der Waals surface area contributed by atoms with Crippen molar-refractivity contribution in [3.8, 4) is 0 Å². The van der Waals surface area contributed by atoms with Crippen LogP contribution in [0.4, 0.5) is 0 Å². The van der Waals surface area contributed by atoms with Crippen LogP contribution >= 0.6 is 15.9 Å². The molecule has 1 N–H and O–H groups in total. The van der Waals surface area contributed by atoms with E-state index in [1.165, 1.54) is 0 Å². The predicted molar refractivity (Wildman–Crippen MR) is 82.2 cm³/mol. The van der Waals surface area contributed by atoms with Crippen molar-refractivity contribution in [2.75, 3.05) is 13.1 Å². The van der Waals surface area contributed by atoms with Crippen LogP contribution in [0.25, 0.3) is 0 Å². The first-order chi connectivity index (χ1) is 10.0. The molecule has 0 radical (unpaired) electrons. The standard InChI is InChI=1S/C14H18BrN5O/c1-9(2)12-5-13(18-17-12)14(21)19-4-3-11(8-19)20-7-10(15)6-16-20/h5-7,9,11H,3-4,8H2,1-2H3,(H,17,18)/t11-/m0/s1. The molecule has 1 amide bonds. The van der Waals surface area contributed by atoms with Crippen LogP contribution in [0.2, 0.25) is 0 Å². The molecule has 0 aliphatic carbocycles. The average molecular weight is 352 g/mol. The molecular weight excluding hydrogens is 334 g/mol. The van der Waals surface area contributed by atoms with Crippen LogP contribution in [0.3, 0.4) is 0 Å². The molecule has 0 bridgehead atoms. The van der Waals surface area contributed by atoms with Crippen LogP contribution in [0.5, 0.6) is 0 Å². The van der Waals surface area contributed by atoms with E-state index in [0.717, 1.165) is 23.1 Å². The molecule has 0 unspecified atom stereocenters. The molecule has 21 heavy (non-hydrogen) atoms. The Kier molecular flexibility index (Phi) is 3.84.